The molecule has 2 aromatic carbocycles. The zero-order chi connectivity index (χ0) is 19.1. The molecular weight excluding hydrogens is 344 g/mol. The molecule has 0 radical (unpaired) electrons. The summed E-state index contributed by atoms with van der Waals surface area (Å²) in [4.78, 5) is 17.2. The lowest BCUT2D eigenvalue weighted by molar-refractivity contribution is -0.125. The molecule has 0 aliphatic carbocycles. The number of hydrogen-bond donors (Lipinski definition) is 1. The second-order valence-electron chi connectivity index (χ2n) is 6.34. The molecule has 0 spiro atoms. The lowest BCUT2D eigenvalue weighted by Crippen LogP contribution is -2.31. The van der Waals surface area contributed by atoms with Crippen LogP contribution >= 0.6 is 0 Å². The predicted molar refractivity (Wildman–Crippen MR) is 103 cm³/mol. The van der Waals surface area contributed by atoms with Gasteiger partial charge in [0.05, 0.1) is 5.71 Å². The van der Waals surface area contributed by atoms with Crippen molar-refractivity contribution in [2.75, 3.05) is 19.9 Å². The number of rotatable bonds is 8. The van der Waals surface area contributed by atoms with Crippen molar-refractivity contribution in [1.82, 2.24) is 5.32 Å². The summed E-state index contributed by atoms with van der Waals surface area (Å²) in [5.41, 5.74) is 2.74. The fourth-order valence-corrected chi connectivity index (χ4v) is 2.87. The first-order chi connectivity index (χ1) is 13.2. The first-order valence-corrected chi connectivity index (χ1v) is 9.05. The highest BCUT2D eigenvalue weighted by Crippen LogP contribution is 2.32. The minimum atomic E-state index is -0.188. The van der Waals surface area contributed by atoms with Gasteiger partial charge in [0.1, 0.15) is 0 Å². The minimum absolute atomic E-state index is 0.118. The molecule has 1 heterocycles. The molecule has 3 rings (SSSR count). The summed E-state index contributed by atoms with van der Waals surface area (Å²) >= 11 is 0. The number of hydrogen-bond acceptors (Lipinski definition) is 5. The molecule has 0 saturated heterocycles. The molecular formula is C21H24N2O4. The highest BCUT2D eigenvalue weighted by atomic mass is 16.7. The quantitative estimate of drug-likeness (QED) is 0.572. The van der Waals surface area contributed by atoms with Crippen LogP contribution in [0.4, 0.5) is 0 Å². The molecule has 2 aromatic rings. The van der Waals surface area contributed by atoms with Gasteiger partial charge in [-0.05, 0) is 37.1 Å². The van der Waals surface area contributed by atoms with E-state index in [0.29, 0.717) is 18.0 Å². The van der Waals surface area contributed by atoms with Gasteiger partial charge in [0.2, 0.25) is 6.79 Å². The minimum Gasteiger partial charge on any atom is -0.454 e. The van der Waals surface area contributed by atoms with Crippen LogP contribution in [0.5, 0.6) is 11.5 Å². The number of carbonyl (C=O) groups is 1. The molecule has 0 aromatic heterocycles. The van der Waals surface area contributed by atoms with E-state index in [4.69, 9.17) is 14.3 Å². The lowest BCUT2D eigenvalue weighted by Gasteiger charge is -2.16. The van der Waals surface area contributed by atoms with Crippen molar-refractivity contribution in [1.29, 1.82) is 0 Å². The summed E-state index contributed by atoms with van der Waals surface area (Å²) in [6.07, 6.45) is 0.951. The van der Waals surface area contributed by atoms with E-state index in [9.17, 15) is 4.79 Å². The van der Waals surface area contributed by atoms with Crippen LogP contribution in [0.3, 0.4) is 0 Å². The van der Waals surface area contributed by atoms with Crippen LogP contribution in [-0.4, -0.2) is 31.6 Å². The normalized spacial score (nSPS) is 13.9. The summed E-state index contributed by atoms with van der Waals surface area (Å²) < 4.78 is 10.6. The predicted octanol–water partition coefficient (Wildman–Crippen LogP) is 3.47. The maximum atomic E-state index is 12.0. The highest BCUT2D eigenvalue weighted by Gasteiger charge is 2.14. The second kappa shape index (κ2) is 9.07. The van der Waals surface area contributed by atoms with Gasteiger partial charge in [0, 0.05) is 18.0 Å². The molecule has 6 nitrogen and oxygen atoms in total. The Bertz CT molecular complexity index is 805. The summed E-state index contributed by atoms with van der Waals surface area (Å²) in [7, 11) is 0. The maximum absolute atomic E-state index is 12.0. The molecule has 0 saturated carbocycles. The Morgan fingerprint density at radius 2 is 1.96 bits per heavy atom. The first-order valence-electron chi connectivity index (χ1n) is 9.05. The largest absolute Gasteiger partial charge is 0.454 e. The lowest BCUT2D eigenvalue weighted by atomic mass is 9.96. The topological polar surface area (TPSA) is 69.2 Å². The smallest absolute Gasteiger partial charge is 0.260 e. The number of ether oxygens (including phenoxy) is 2. The summed E-state index contributed by atoms with van der Waals surface area (Å²) in [6.45, 7) is 4.62. The molecule has 1 aliphatic heterocycles. The van der Waals surface area contributed by atoms with Gasteiger partial charge < -0.3 is 19.6 Å². The van der Waals surface area contributed by atoms with Gasteiger partial charge in [-0.15, -0.1) is 0 Å². The zero-order valence-corrected chi connectivity index (χ0v) is 15.6. The van der Waals surface area contributed by atoms with Crippen LogP contribution in [0.1, 0.15) is 37.3 Å². The van der Waals surface area contributed by atoms with Crippen LogP contribution in [0.2, 0.25) is 0 Å². The van der Waals surface area contributed by atoms with Gasteiger partial charge in [0.15, 0.2) is 18.1 Å². The van der Waals surface area contributed by atoms with Crippen LogP contribution in [-0.2, 0) is 9.63 Å². The fourth-order valence-electron chi connectivity index (χ4n) is 2.87. The van der Waals surface area contributed by atoms with E-state index in [1.807, 2.05) is 43.3 Å². The molecule has 142 valence electrons. The van der Waals surface area contributed by atoms with Gasteiger partial charge in [-0.25, -0.2) is 0 Å². The van der Waals surface area contributed by atoms with Gasteiger partial charge >= 0.3 is 0 Å². The third-order valence-corrected chi connectivity index (χ3v) is 4.50. The molecule has 27 heavy (non-hydrogen) atoms. The molecule has 1 aliphatic rings. The summed E-state index contributed by atoms with van der Waals surface area (Å²) in [5, 5.41) is 6.93. The standard InChI is InChI=1S/C21H24N2O4/c1-3-16(17-7-5-4-6-8-17)12-22-21(24)13-27-23-15(2)18-9-10-19-20(11-18)26-14-25-19/h4-11,16H,3,12-14H2,1-2H3,(H,22,24)/b23-15+. The van der Waals surface area contributed by atoms with Crippen molar-refractivity contribution < 1.29 is 19.1 Å². The molecule has 6 heteroatoms. The highest BCUT2D eigenvalue weighted by molar-refractivity contribution is 5.99. The van der Waals surface area contributed by atoms with Crippen LogP contribution in [0.15, 0.2) is 53.7 Å². The van der Waals surface area contributed by atoms with Crippen molar-refractivity contribution in [2.45, 2.75) is 26.2 Å². The Kier molecular flexibility index (Phi) is 6.30. The zero-order valence-electron chi connectivity index (χ0n) is 15.6. The average molecular weight is 368 g/mol. The van der Waals surface area contributed by atoms with Crippen LogP contribution in [0, 0.1) is 0 Å². The van der Waals surface area contributed by atoms with E-state index in [2.05, 4.69) is 29.5 Å². The Balaban J connectivity index is 1.46. The second-order valence-corrected chi connectivity index (χ2v) is 6.34. The van der Waals surface area contributed by atoms with Crippen LogP contribution in [0.25, 0.3) is 0 Å². The molecule has 1 unspecified atom stereocenters. The van der Waals surface area contributed by atoms with Crippen molar-refractivity contribution >= 4 is 11.6 Å². The molecule has 0 bridgehead atoms. The third kappa shape index (κ3) is 5.00. The number of benzene rings is 2. The Hall–Kier alpha value is -3.02. The first kappa shape index (κ1) is 18.8. The number of nitrogens with zero attached hydrogens (tertiary/aromatic N) is 1. The van der Waals surface area contributed by atoms with Gasteiger partial charge in [-0.1, -0.05) is 42.4 Å². The number of carbonyl (C=O) groups excluding carboxylic acids is 1. The number of oxime groups is 1. The average Bonchev–Trinajstić information content (AvgIpc) is 3.17. The van der Waals surface area contributed by atoms with Gasteiger partial charge in [-0.3, -0.25) is 4.79 Å². The van der Waals surface area contributed by atoms with E-state index in [1.54, 1.807) is 0 Å². The molecule has 1 amide bonds. The fraction of sp³-hybridized carbons (Fsp3) is 0.333. The Morgan fingerprint density at radius 1 is 1.19 bits per heavy atom. The molecule has 0 fully saturated rings. The van der Waals surface area contributed by atoms with Crippen molar-refractivity contribution in [3.63, 3.8) is 0 Å². The van der Waals surface area contributed by atoms with Crippen molar-refractivity contribution in [2.24, 2.45) is 5.16 Å². The summed E-state index contributed by atoms with van der Waals surface area (Å²) in [5.74, 6) is 1.50. The van der Waals surface area contributed by atoms with E-state index in [-0.39, 0.29) is 25.2 Å². The maximum Gasteiger partial charge on any atom is 0.260 e. The Labute approximate surface area is 159 Å². The summed E-state index contributed by atoms with van der Waals surface area (Å²) in [6, 6.07) is 15.7. The molecule has 1 atom stereocenters. The monoisotopic (exact) mass is 368 g/mol. The van der Waals surface area contributed by atoms with Crippen molar-refractivity contribution in [3.05, 3.63) is 59.7 Å². The van der Waals surface area contributed by atoms with E-state index in [0.717, 1.165) is 17.7 Å². The van der Waals surface area contributed by atoms with Gasteiger partial charge in [0.25, 0.3) is 5.91 Å². The SMILES string of the molecule is CCC(CNC(=O)CO/N=C(\C)c1ccc2c(c1)OCO2)c1ccccc1. The Morgan fingerprint density at radius 3 is 2.74 bits per heavy atom. The molecule has 1 N–H and O–H groups in total. The van der Waals surface area contributed by atoms with Crippen molar-refractivity contribution in [3.8, 4) is 11.5 Å². The van der Waals surface area contributed by atoms with Gasteiger partial charge in [-0.2, -0.15) is 0 Å². The third-order valence-electron chi connectivity index (χ3n) is 4.50. The number of fused-ring (bicyclic) bond motifs is 1. The van der Waals surface area contributed by atoms with E-state index < -0.39 is 0 Å². The van der Waals surface area contributed by atoms with Crippen LogP contribution < -0.4 is 14.8 Å². The van der Waals surface area contributed by atoms with E-state index in [1.165, 1.54) is 5.56 Å². The number of nitrogens with one attached hydrogen (secondary N) is 1. The number of amides is 1. The van der Waals surface area contributed by atoms with E-state index >= 15 is 0 Å².